The Morgan fingerprint density at radius 1 is 1.06 bits per heavy atom. The minimum absolute atomic E-state index is 0.0176. The molecule has 1 heterocycles. The predicted molar refractivity (Wildman–Crippen MR) is 62.8 cm³/mol. The van der Waals surface area contributed by atoms with Gasteiger partial charge in [0.05, 0.1) is 17.9 Å². The molecular formula is C13H18N2O2. The van der Waals surface area contributed by atoms with Crippen molar-refractivity contribution >= 4 is 11.8 Å². The topological polar surface area (TPSA) is 63.4 Å². The van der Waals surface area contributed by atoms with Gasteiger partial charge in [0.1, 0.15) is 0 Å². The molecule has 2 unspecified atom stereocenters. The maximum atomic E-state index is 12.3. The second-order valence-corrected chi connectivity index (χ2v) is 5.36. The Hall–Kier alpha value is -1.16. The first-order valence-electron chi connectivity index (χ1n) is 6.47. The molecule has 1 aliphatic heterocycles. The van der Waals surface area contributed by atoms with Crippen molar-refractivity contribution in [3.63, 3.8) is 0 Å². The number of hydrogen-bond donors (Lipinski definition) is 1. The Kier molecular flexibility index (Phi) is 2.54. The lowest BCUT2D eigenvalue weighted by atomic mass is 9.85. The molecule has 1 saturated carbocycles. The Bertz CT molecular complexity index is 365. The Labute approximate surface area is 101 Å². The lowest BCUT2D eigenvalue weighted by Gasteiger charge is -2.26. The molecule has 0 bridgehead atoms. The molecule has 92 valence electrons. The molecule has 4 heteroatoms. The molecule has 3 aliphatic rings. The first-order chi connectivity index (χ1) is 8.20. The summed E-state index contributed by atoms with van der Waals surface area (Å²) in [4.78, 5) is 26.1. The minimum atomic E-state index is -0.111. The third-order valence-corrected chi connectivity index (χ3v) is 4.40. The van der Waals surface area contributed by atoms with E-state index in [4.69, 9.17) is 5.73 Å². The van der Waals surface area contributed by atoms with E-state index in [0.29, 0.717) is 12.8 Å². The number of likely N-dealkylation sites (tertiary alicyclic amines) is 1. The van der Waals surface area contributed by atoms with Crippen LogP contribution in [0.15, 0.2) is 12.2 Å². The first kappa shape index (κ1) is 11.0. The van der Waals surface area contributed by atoms with E-state index in [0.717, 1.165) is 19.3 Å². The van der Waals surface area contributed by atoms with Crippen LogP contribution in [0.2, 0.25) is 0 Å². The Morgan fingerprint density at radius 2 is 1.65 bits per heavy atom. The van der Waals surface area contributed by atoms with Crippen LogP contribution in [0.5, 0.6) is 0 Å². The summed E-state index contributed by atoms with van der Waals surface area (Å²) in [6.07, 6.45) is 8.30. The van der Waals surface area contributed by atoms with Crippen LogP contribution in [0.4, 0.5) is 0 Å². The summed E-state index contributed by atoms with van der Waals surface area (Å²) in [5, 5.41) is 0. The van der Waals surface area contributed by atoms with Crippen LogP contribution in [0.3, 0.4) is 0 Å². The number of allylic oxidation sites excluding steroid dienone is 2. The molecule has 0 aromatic rings. The van der Waals surface area contributed by atoms with Crippen molar-refractivity contribution in [1.82, 2.24) is 4.90 Å². The molecule has 4 atom stereocenters. The number of nitrogens with zero attached hydrogens (tertiary/aromatic N) is 1. The zero-order chi connectivity index (χ0) is 12.0. The summed E-state index contributed by atoms with van der Waals surface area (Å²) in [5.41, 5.74) is 6.01. The SMILES string of the molecule is NC1CCCC1N1C(=O)[C@H]2CC=CC[C@H]2C1=O. The summed E-state index contributed by atoms with van der Waals surface area (Å²) in [7, 11) is 0. The van der Waals surface area contributed by atoms with E-state index in [1.54, 1.807) is 0 Å². The van der Waals surface area contributed by atoms with Gasteiger partial charge >= 0.3 is 0 Å². The number of imide groups is 1. The second kappa shape index (κ2) is 3.95. The summed E-state index contributed by atoms with van der Waals surface area (Å²) in [5.74, 6) is -0.181. The highest BCUT2D eigenvalue weighted by molar-refractivity contribution is 6.05. The lowest BCUT2D eigenvalue weighted by Crippen LogP contribution is -2.47. The van der Waals surface area contributed by atoms with Gasteiger partial charge in [-0.25, -0.2) is 0 Å². The standard InChI is InChI=1S/C13H18N2O2/c14-10-6-3-7-11(10)15-12(16)8-4-1-2-5-9(8)13(15)17/h1-2,8-11H,3-7,14H2/t8-,9+,10?,11?. The fraction of sp³-hybridized carbons (Fsp3) is 0.692. The Balaban J connectivity index is 1.87. The number of rotatable bonds is 1. The zero-order valence-electron chi connectivity index (χ0n) is 9.84. The summed E-state index contributed by atoms with van der Waals surface area (Å²) < 4.78 is 0. The number of carbonyl (C=O) groups excluding carboxylic acids is 2. The van der Waals surface area contributed by atoms with Crippen molar-refractivity contribution < 1.29 is 9.59 Å². The minimum Gasteiger partial charge on any atom is -0.326 e. The molecule has 1 saturated heterocycles. The fourth-order valence-corrected chi connectivity index (χ4v) is 3.44. The molecule has 2 N–H and O–H groups in total. The van der Waals surface area contributed by atoms with Gasteiger partial charge in [-0.15, -0.1) is 0 Å². The second-order valence-electron chi connectivity index (χ2n) is 5.36. The normalized spacial score (nSPS) is 41.1. The van der Waals surface area contributed by atoms with Gasteiger partial charge in [0.2, 0.25) is 11.8 Å². The van der Waals surface area contributed by atoms with Gasteiger partial charge in [-0.3, -0.25) is 14.5 Å². The van der Waals surface area contributed by atoms with Crippen LogP contribution in [-0.2, 0) is 9.59 Å². The lowest BCUT2D eigenvalue weighted by molar-refractivity contribution is -0.142. The number of fused-ring (bicyclic) bond motifs is 1. The summed E-state index contributed by atoms with van der Waals surface area (Å²) in [6.45, 7) is 0. The molecule has 3 rings (SSSR count). The zero-order valence-corrected chi connectivity index (χ0v) is 9.84. The first-order valence-corrected chi connectivity index (χ1v) is 6.47. The molecule has 2 fully saturated rings. The van der Waals surface area contributed by atoms with Crippen molar-refractivity contribution in [2.45, 2.75) is 44.2 Å². The maximum absolute atomic E-state index is 12.3. The smallest absolute Gasteiger partial charge is 0.233 e. The van der Waals surface area contributed by atoms with Gasteiger partial charge in [-0.1, -0.05) is 12.2 Å². The highest BCUT2D eigenvalue weighted by Crippen LogP contribution is 2.38. The van der Waals surface area contributed by atoms with E-state index in [2.05, 4.69) is 0 Å². The fourth-order valence-electron chi connectivity index (χ4n) is 3.44. The number of hydrogen-bond acceptors (Lipinski definition) is 3. The van der Waals surface area contributed by atoms with Gasteiger partial charge < -0.3 is 5.73 Å². The van der Waals surface area contributed by atoms with Crippen LogP contribution in [0.25, 0.3) is 0 Å². The van der Waals surface area contributed by atoms with E-state index in [1.165, 1.54) is 4.90 Å². The van der Waals surface area contributed by atoms with Gasteiger partial charge in [0, 0.05) is 6.04 Å². The quantitative estimate of drug-likeness (QED) is 0.539. The highest BCUT2D eigenvalue weighted by Gasteiger charge is 2.51. The maximum Gasteiger partial charge on any atom is 0.233 e. The predicted octanol–water partition coefficient (Wildman–Crippen LogP) is 0.817. The van der Waals surface area contributed by atoms with Crippen molar-refractivity contribution in [2.75, 3.05) is 0 Å². The molecular weight excluding hydrogens is 216 g/mol. The largest absolute Gasteiger partial charge is 0.326 e. The van der Waals surface area contributed by atoms with Crippen molar-refractivity contribution in [1.29, 1.82) is 0 Å². The highest BCUT2D eigenvalue weighted by atomic mass is 16.2. The Morgan fingerprint density at radius 3 is 2.12 bits per heavy atom. The average Bonchev–Trinajstić information content (AvgIpc) is 2.84. The van der Waals surface area contributed by atoms with Crippen LogP contribution >= 0.6 is 0 Å². The summed E-state index contributed by atoms with van der Waals surface area (Å²) in [6, 6.07) is -0.0587. The van der Waals surface area contributed by atoms with Gasteiger partial charge in [0.15, 0.2) is 0 Å². The van der Waals surface area contributed by atoms with Crippen LogP contribution in [-0.4, -0.2) is 28.8 Å². The van der Waals surface area contributed by atoms with E-state index in [1.807, 2.05) is 12.2 Å². The number of carbonyl (C=O) groups is 2. The van der Waals surface area contributed by atoms with Crippen LogP contribution in [0.1, 0.15) is 32.1 Å². The molecule has 17 heavy (non-hydrogen) atoms. The molecule has 4 nitrogen and oxygen atoms in total. The number of nitrogens with two attached hydrogens (primary N) is 1. The van der Waals surface area contributed by atoms with E-state index in [-0.39, 0.29) is 35.7 Å². The summed E-state index contributed by atoms with van der Waals surface area (Å²) >= 11 is 0. The third-order valence-electron chi connectivity index (χ3n) is 4.40. The van der Waals surface area contributed by atoms with E-state index >= 15 is 0 Å². The van der Waals surface area contributed by atoms with Gasteiger partial charge in [0.25, 0.3) is 0 Å². The molecule has 0 aromatic heterocycles. The van der Waals surface area contributed by atoms with Gasteiger partial charge in [-0.2, -0.15) is 0 Å². The molecule has 0 radical (unpaired) electrons. The van der Waals surface area contributed by atoms with Crippen molar-refractivity contribution in [3.8, 4) is 0 Å². The van der Waals surface area contributed by atoms with Crippen molar-refractivity contribution in [2.24, 2.45) is 17.6 Å². The molecule has 0 aromatic carbocycles. The average molecular weight is 234 g/mol. The molecule has 0 spiro atoms. The van der Waals surface area contributed by atoms with Crippen molar-refractivity contribution in [3.05, 3.63) is 12.2 Å². The molecule has 2 amide bonds. The van der Waals surface area contributed by atoms with Crippen LogP contribution < -0.4 is 5.73 Å². The third kappa shape index (κ3) is 1.54. The number of amides is 2. The monoisotopic (exact) mass is 234 g/mol. The van der Waals surface area contributed by atoms with E-state index in [9.17, 15) is 9.59 Å². The van der Waals surface area contributed by atoms with Crippen LogP contribution in [0, 0.1) is 11.8 Å². The molecule has 2 aliphatic carbocycles. The van der Waals surface area contributed by atoms with E-state index < -0.39 is 0 Å². The van der Waals surface area contributed by atoms with Gasteiger partial charge in [-0.05, 0) is 32.1 Å².